The Morgan fingerprint density at radius 1 is 1.25 bits per heavy atom. The van der Waals surface area contributed by atoms with Gasteiger partial charge in [-0.1, -0.05) is 66.2 Å². The molecule has 1 atom stereocenters. The third-order valence-electron chi connectivity index (χ3n) is 2.99. The lowest BCUT2D eigenvalue weighted by Crippen LogP contribution is -2.11. The molecule has 1 rings (SSSR count). The van der Waals surface area contributed by atoms with Crippen LogP contribution in [0.2, 0.25) is 0 Å². The van der Waals surface area contributed by atoms with Gasteiger partial charge in [0.2, 0.25) is 0 Å². The maximum absolute atomic E-state index is 2.37. The second-order valence-electron chi connectivity index (χ2n) is 3.89. The van der Waals surface area contributed by atoms with E-state index in [2.05, 4.69) is 13.8 Å². The van der Waals surface area contributed by atoms with E-state index in [-0.39, 0.29) is 0 Å². The molecule has 1 aliphatic rings. The van der Waals surface area contributed by atoms with Crippen molar-refractivity contribution in [2.45, 2.75) is 66.2 Å². The molecule has 0 aromatic heterocycles. The number of hydrogen-bond donors (Lipinski definition) is 0. The van der Waals surface area contributed by atoms with E-state index in [1.54, 1.807) is 0 Å². The molecule has 0 bridgehead atoms. The van der Waals surface area contributed by atoms with Crippen LogP contribution >= 0.6 is 0 Å². The SMILES string of the molecule is CC.CCC(C)CCC1CCC1. The summed E-state index contributed by atoms with van der Waals surface area (Å²) < 4.78 is 0. The minimum atomic E-state index is 0.973. The normalized spacial score (nSPS) is 19.0. The van der Waals surface area contributed by atoms with Gasteiger partial charge in [0.1, 0.15) is 0 Å². The predicted octanol–water partition coefficient (Wildman–Crippen LogP) is 4.64. The van der Waals surface area contributed by atoms with Crippen LogP contribution in [-0.4, -0.2) is 0 Å². The van der Waals surface area contributed by atoms with Crippen LogP contribution in [0.5, 0.6) is 0 Å². The van der Waals surface area contributed by atoms with Crippen LogP contribution in [0, 0.1) is 11.8 Å². The Bertz CT molecular complexity index is 77.3. The molecule has 0 saturated heterocycles. The quantitative estimate of drug-likeness (QED) is 0.576. The zero-order valence-corrected chi connectivity index (χ0v) is 9.40. The molecule has 1 saturated carbocycles. The summed E-state index contributed by atoms with van der Waals surface area (Å²) in [5, 5.41) is 0. The molecular formula is C12H26. The second kappa shape index (κ2) is 7.64. The highest BCUT2D eigenvalue weighted by atomic mass is 14.2. The number of hydrogen-bond acceptors (Lipinski definition) is 0. The first-order chi connectivity index (χ1) is 5.83. The fourth-order valence-electron chi connectivity index (χ4n) is 1.51. The van der Waals surface area contributed by atoms with Gasteiger partial charge in [-0.2, -0.15) is 0 Å². The molecule has 1 aliphatic carbocycles. The van der Waals surface area contributed by atoms with Gasteiger partial charge in [-0.15, -0.1) is 0 Å². The smallest absolute Gasteiger partial charge is 0.0414 e. The monoisotopic (exact) mass is 170 g/mol. The zero-order valence-electron chi connectivity index (χ0n) is 9.40. The van der Waals surface area contributed by atoms with E-state index in [4.69, 9.17) is 0 Å². The molecular weight excluding hydrogens is 144 g/mol. The predicted molar refractivity (Wildman–Crippen MR) is 57.4 cm³/mol. The Morgan fingerprint density at radius 2 is 1.83 bits per heavy atom. The summed E-state index contributed by atoms with van der Waals surface area (Å²) in [6.45, 7) is 8.67. The van der Waals surface area contributed by atoms with Crippen molar-refractivity contribution in [3.8, 4) is 0 Å². The summed E-state index contributed by atoms with van der Waals surface area (Å²) in [6, 6.07) is 0. The zero-order chi connectivity index (χ0) is 9.40. The first kappa shape index (κ1) is 12.0. The molecule has 0 radical (unpaired) electrons. The van der Waals surface area contributed by atoms with Crippen LogP contribution in [-0.2, 0) is 0 Å². The van der Waals surface area contributed by atoms with Crippen molar-refractivity contribution in [2.24, 2.45) is 11.8 Å². The van der Waals surface area contributed by atoms with Crippen molar-refractivity contribution in [1.29, 1.82) is 0 Å². The summed E-state index contributed by atoms with van der Waals surface area (Å²) in [6.07, 6.45) is 8.90. The van der Waals surface area contributed by atoms with E-state index in [9.17, 15) is 0 Å². The average Bonchev–Trinajstić information content (AvgIpc) is 2.05. The highest BCUT2D eigenvalue weighted by Gasteiger charge is 2.17. The van der Waals surface area contributed by atoms with Crippen molar-refractivity contribution < 1.29 is 0 Å². The largest absolute Gasteiger partial charge is 0.0683 e. The van der Waals surface area contributed by atoms with Gasteiger partial charge in [-0.05, 0) is 11.8 Å². The lowest BCUT2D eigenvalue weighted by Gasteiger charge is -2.26. The van der Waals surface area contributed by atoms with Gasteiger partial charge in [0.05, 0.1) is 0 Å². The summed E-state index contributed by atoms with van der Waals surface area (Å²) >= 11 is 0. The standard InChI is InChI=1S/C10H20.C2H6/c1-3-9(2)7-8-10-5-4-6-10;1-2/h9-10H,3-8H2,1-2H3;1-2H3. The molecule has 0 nitrogen and oxygen atoms in total. The van der Waals surface area contributed by atoms with E-state index in [0.717, 1.165) is 11.8 Å². The molecule has 0 heteroatoms. The molecule has 0 aromatic carbocycles. The van der Waals surface area contributed by atoms with E-state index in [1.807, 2.05) is 13.8 Å². The molecule has 0 aromatic rings. The van der Waals surface area contributed by atoms with E-state index in [0.29, 0.717) is 0 Å². The molecule has 0 amide bonds. The van der Waals surface area contributed by atoms with Gasteiger partial charge in [-0.3, -0.25) is 0 Å². The lowest BCUT2D eigenvalue weighted by atomic mass is 9.80. The molecule has 0 heterocycles. The Hall–Kier alpha value is 0. The maximum Gasteiger partial charge on any atom is -0.0414 e. The Morgan fingerprint density at radius 3 is 2.17 bits per heavy atom. The summed E-state index contributed by atoms with van der Waals surface area (Å²) in [4.78, 5) is 0. The van der Waals surface area contributed by atoms with E-state index < -0.39 is 0 Å². The van der Waals surface area contributed by atoms with Gasteiger partial charge in [0.15, 0.2) is 0 Å². The highest BCUT2D eigenvalue weighted by Crippen LogP contribution is 2.31. The van der Waals surface area contributed by atoms with Crippen LogP contribution in [0.15, 0.2) is 0 Å². The van der Waals surface area contributed by atoms with Gasteiger partial charge < -0.3 is 0 Å². The fraction of sp³-hybridized carbons (Fsp3) is 1.00. The van der Waals surface area contributed by atoms with Crippen LogP contribution in [0.4, 0.5) is 0 Å². The van der Waals surface area contributed by atoms with Gasteiger partial charge in [-0.25, -0.2) is 0 Å². The Labute approximate surface area is 78.8 Å². The van der Waals surface area contributed by atoms with Crippen molar-refractivity contribution in [1.82, 2.24) is 0 Å². The molecule has 74 valence electrons. The third kappa shape index (κ3) is 4.79. The minimum Gasteiger partial charge on any atom is -0.0683 e. The molecule has 1 fully saturated rings. The first-order valence-electron chi connectivity index (χ1n) is 5.83. The molecule has 0 N–H and O–H groups in total. The summed E-state index contributed by atoms with van der Waals surface area (Å²) in [7, 11) is 0. The van der Waals surface area contributed by atoms with Crippen molar-refractivity contribution in [3.05, 3.63) is 0 Å². The van der Waals surface area contributed by atoms with Gasteiger partial charge in [0, 0.05) is 0 Å². The molecule has 0 spiro atoms. The molecule has 0 aliphatic heterocycles. The lowest BCUT2D eigenvalue weighted by molar-refractivity contribution is 0.272. The topological polar surface area (TPSA) is 0 Å². The average molecular weight is 170 g/mol. The summed E-state index contributed by atoms with van der Waals surface area (Å²) in [5.41, 5.74) is 0. The van der Waals surface area contributed by atoms with E-state index >= 15 is 0 Å². The van der Waals surface area contributed by atoms with E-state index in [1.165, 1.54) is 38.5 Å². The molecule has 12 heavy (non-hydrogen) atoms. The van der Waals surface area contributed by atoms with Crippen molar-refractivity contribution in [3.63, 3.8) is 0 Å². The van der Waals surface area contributed by atoms with Crippen LogP contribution in [0.25, 0.3) is 0 Å². The Kier molecular flexibility index (Phi) is 7.64. The maximum atomic E-state index is 2.37. The highest BCUT2D eigenvalue weighted by molar-refractivity contribution is 4.70. The van der Waals surface area contributed by atoms with Crippen LogP contribution in [0.1, 0.15) is 66.2 Å². The summed E-state index contributed by atoms with van der Waals surface area (Å²) in [5.74, 6) is 2.09. The second-order valence-corrected chi connectivity index (χ2v) is 3.89. The molecule has 1 unspecified atom stereocenters. The van der Waals surface area contributed by atoms with Crippen molar-refractivity contribution in [2.75, 3.05) is 0 Å². The van der Waals surface area contributed by atoms with Gasteiger partial charge >= 0.3 is 0 Å². The van der Waals surface area contributed by atoms with Crippen LogP contribution < -0.4 is 0 Å². The number of rotatable bonds is 4. The van der Waals surface area contributed by atoms with Crippen LogP contribution in [0.3, 0.4) is 0 Å². The van der Waals surface area contributed by atoms with Crippen molar-refractivity contribution >= 4 is 0 Å². The fourth-order valence-corrected chi connectivity index (χ4v) is 1.51. The third-order valence-corrected chi connectivity index (χ3v) is 2.99. The van der Waals surface area contributed by atoms with Gasteiger partial charge in [0.25, 0.3) is 0 Å². The first-order valence-corrected chi connectivity index (χ1v) is 5.83. The Balaban J connectivity index is 0.000000561. The minimum absolute atomic E-state index is 0.973.